The summed E-state index contributed by atoms with van der Waals surface area (Å²) in [6, 6.07) is 1.55. The molecule has 1 aromatic heterocycles. The quantitative estimate of drug-likeness (QED) is 0.295. The van der Waals surface area contributed by atoms with E-state index in [-0.39, 0.29) is 42.2 Å². The second-order valence-corrected chi connectivity index (χ2v) is 7.73. The molecule has 0 aromatic carbocycles. The van der Waals surface area contributed by atoms with Crippen molar-refractivity contribution >= 4 is 45.9 Å². The lowest BCUT2D eigenvalue weighted by molar-refractivity contribution is -0.119. The standard InChI is InChI=1S/C15H26N6O4S.HI/c1-3-16-14(22)11-18-15(17-4-2)20-6-8-21(9-7-20)26(23,24)12-13-5-10-25-19-13;/h5,10H,3-4,6-9,11-12H2,1-2H3,(H,16,22)(H,17,18);1H. The van der Waals surface area contributed by atoms with Gasteiger partial charge in [-0.15, -0.1) is 24.0 Å². The number of rotatable bonds is 7. The van der Waals surface area contributed by atoms with Gasteiger partial charge in [0.15, 0.2) is 5.96 Å². The average Bonchev–Trinajstić information content (AvgIpc) is 3.11. The van der Waals surface area contributed by atoms with Crippen LogP contribution in [0.5, 0.6) is 0 Å². The van der Waals surface area contributed by atoms with Crippen LogP contribution in [0.25, 0.3) is 0 Å². The number of aliphatic imine (C=N–C) groups is 1. The molecule has 0 spiro atoms. The number of hydrogen-bond acceptors (Lipinski definition) is 6. The smallest absolute Gasteiger partial charge is 0.241 e. The molecule has 154 valence electrons. The molecule has 12 heteroatoms. The van der Waals surface area contributed by atoms with E-state index in [0.29, 0.717) is 50.9 Å². The lowest BCUT2D eigenvalue weighted by atomic mass is 10.4. The number of carbonyl (C=O) groups is 1. The second kappa shape index (κ2) is 11.4. The van der Waals surface area contributed by atoms with Gasteiger partial charge in [0.05, 0.1) is 5.69 Å². The number of carbonyl (C=O) groups excluding carboxylic acids is 1. The van der Waals surface area contributed by atoms with Crippen LogP contribution >= 0.6 is 24.0 Å². The molecule has 1 aliphatic rings. The number of hydrogen-bond donors (Lipinski definition) is 2. The normalized spacial score (nSPS) is 15.9. The number of guanidine groups is 1. The van der Waals surface area contributed by atoms with Crippen LogP contribution in [-0.2, 0) is 20.6 Å². The maximum absolute atomic E-state index is 12.5. The third kappa shape index (κ3) is 7.25. The SMILES string of the molecule is CCNC(=O)CN=C(NCC)N1CCN(S(=O)(=O)Cc2ccon2)CC1.I. The maximum atomic E-state index is 12.5. The molecule has 1 amide bonds. The molecule has 0 aliphatic carbocycles. The monoisotopic (exact) mass is 514 g/mol. The minimum absolute atomic E-state index is 0. The minimum Gasteiger partial charge on any atom is -0.364 e. The number of amides is 1. The first-order chi connectivity index (χ1) is 12.5. The van der Waals surface area contributed by atoms with E-state index in [4.69, 9.17) is 0 Å². The van der Waals surface area contributed by atoms with Gasteiger partial charge in [0.2, 0.25) is 15.9 Å². The molecular formula is C15H27IN6O4S. The Hall–Kier alpha value is -1.41. The van der Waals surface area contributed by atoms with Crippen molar-refractivity contribution in [3.05, 3.63) is 18.0 Å². The lowest BCUT2D eigenvalue weighted by Crippen LogP contribution is -2.54. The Morgan fingerprint density at radius 2 is 1.89 bits per heavy atom. The summed E-state index contributed by atoms with van der Waals surface area (Å²) in [5.74, 6) is 0.304. The van der Waals surface area contributed by atoms with E-state index in [1.165, 1.54) is 10.6 Å². The van der Waals surface area contributed by atoms with Crippen LogP contribution in [0.2, 0.25) is 0 Å². The molecule has 2 N–H and O–H groups in total. The van der Waals surface area contributed by atoms with Crippen molar-refractivity contribution in [2.24, 2.45) is 4.99 Å². The molecule has 2 rings (SSSR count). The molecule has 0 saturated carbocycles. The zero-order valence-electron chi connectivity index (χ0n) is 15.5. The van der Waals surface area contributed by atoms with E-state index in [2.05, 4.69) is 25.3 Å². The fourth-order valence-electron chi connectivity index (χ4n) is 2.59. The number of likely N-dealkylation sites (N-methyl/N-ethyl adjacent to an activating group) is 1. The highest BCUT2D eigenvalue weighted by molar-refractivity contribution is 14.0. The zero-order valence-corrected chi connectivity index (χ0v) is 18.7. The number of aromatic nitrogens is 1. The summed E-state index contributed by atoms with van der Waals surface area (Å²) in [5.41, 5.74) is 0.393. The number of nitrogens with zero attached hydrogens (tertiary/aromatic N) is 4. The first-order valence-corrected chi connectivity index (χ1v) is 10.2. The summed E-state index contributed by atoms with van der Waals surface area (Å²) in [5, 5.41) is 9.51. The average molecular weight is 514 g/mol. The van der Waals surface area contributed by atoms with Crippen LogP contribution in [0.4, 0.5) is 0 Å². The molecule has 2 heterocycles. The van der Waals surface area contributed by atoms with Gasteiger partial charge in [-0.3, -0.25) is 4.79 Å². The first-order valence-electron chi connectivity index (χ1n) is 8.63. The molecular weight excluding hydrogens is 487 g/mol. The Bertz CT molecular complexity index is 702. The fourth-order valence-corrected chi connectivity index (χ4v) is 4.02. The molecule has 1 aliphatic heterocycles. The highest BCUT2D eigenvalue weighted by Crippen LogP contribution is 2.12. The Labute approximate surface area is 176 Å². The van der Waals surface area contributed by atoms with Crippen molar-refractivity contribution < 1.29 is 17.7 Å². The van der Waals surface area contributed by atoms with Crippen molar-refractivity contribution in [3.63, 3.8) is 0 Å². The van der Waals surface area contributed by atoms with Gasteiger partial charge in [0.1, 0.15) is 18.6 Å². The Kier molecular flexibility index (Phi) is 10.0. The third-order valence-corrected chi connectivity index (χ3v) is 5.65. The van der Waals surface area contributed by atoms with Gasteiger partial charge in [-0.05, 0) is 13.8 Å². The second-order valence-electron chi connectivity index (χ2n) is 5.76. The largest absolute Gasteiger partial charge is 0.364 e. The van der Waals surface area contributed by atoms with Crippen LogP contribution in [-0.4, -0.2) is 80.5 Å². The summed E-state index contributed by atoms with van der Waals surface area (Å²) in [6.45, 7) is 6.77. The van der Waals surface area contributed by atoms with Crippen molar-refractivity contribution in [2.75, 3.05) is 45.8 Å². The lowest BCUT2D eigenvalue weighted by Gasteiger charge is -2.35. The van der Waals surface area contributed by atoms with E-state index < -0.39 is 10.0 Å². The summed E-state index contributed by atoms with van der Waals surface area (Å²) >= 11 is 0. The Balaban J connectivity index is 0.00000364. The van der Waals surface area contributed by atoms with Gasteiger partial charge in [-0.2, -0.15) is 4.31 Å². The number of nitrogens with one attached hydrogen (secondary N) is 2. The van der Waals surface area contributed by atoms with Crippen LogP contribution in [0.15, 0.2) is 21.8 Å². The minimum atomic E-state index is -3.44. The molecule has 0 radical (unpaired) electrons. The van der Waals surface area contributed by atoms with E-state index >= 15 is 0 Å². The van der Waals surface area contributed by atoms with Crippen molar-refractivity contribution in [2.45, 2.75) is 19.6 Å². The summed E-state index contributed by atoms with van der Waals surface area (Å²) in [6.07, 6.45) is 1.36. The fraction of sp³-hybridized carbons (Fsp3) is 0.667. The van der Waals surface area contributed by atoms with Crippen molar-refractivity contribution in [3.8, 4) is 0 Å². The summed E-state index contributed by atoms with van der Waals surface area (Å²) in [7, 11) is -3.44. The van der Waals surface area contributed by atoms with Crippen molar-refractivity contribution in [1.82, 2.24) is 25.0 Å². The summed E-state index contributed by atoms with van der Waals surface area (Å²) in [4.78, 5) is 17.9. The molecule has 0 unspecified atom stereocenters. The van der Waals surface area contributed by atoms with E-state index in [0.717, 1.165) is 0 Å². The predicted octanol–water partition coefficient (Wildman–Crippen LogP) is -0.158. The van der Waals surface area contributed by atoms with E-state index in [9.17, 15) is 13.2 Å². The van der Waals surface area contributed by atoms with Crippen LogP contribution in [0, 0.1) is 0 Å². The van der Waals surface area contributed by atoms with Gasteiger partial charge in [0.25, 0.3) is 0 Å². The first kappa shape index (κ1) is 23.6. The maximum Gasteiger partial charge on any atom is 0.241 e. The van der Waals surface area contributed by atoms with Gasteiger partial charge in [-0.1, -0.05) is 5.16 Å². The molecule has 0 bridgehead atoms. The van der Waals surface area contributed by atoms with E-state index in [1.54, 1.807) is 6.07 Å². The Morgan fingerprint density at radius 1 is 1.22 bits per heavy atom. The predicted molar refractivity (Wildman–Crippen MR) is 112 cm³/mol. The van der Waals surface area contributed by atoms with Crippen LogP contribution in [0.1, 0.15) is 19.5 Å². The number of sulfonamides is 1. The van der Waals surface area contributed by atoms with Gasteiger partial charge in [0, 0.05) is 45.3 Å². The third-order valence-electron chi connectivity index (χ3n) is 3.83. The topological polar surface area (TPSA) is 120 Å². The molecule has 10 nitrogen and oxygen atoms in total. The van der Waals surface area contributed by atoms with Gasteiger partial charge in [-0.25, -0.2) is 13.4 Å². The molecule has 0 atom stereocenters. The highest BCUT2D eigenvalue weighted by Gasteiger charge is 2.29. The molecule has 1 saturated heterocycles. The molecule has 1 fully saturated rings. The summed E-state index contributed by atoms with van der Waals surface area (Å²) < 4.78 is 31.1. The molecule has 1 aromatic rings. The van der Waals surface area contributed by atoms with Crippen molar-refractivity contribution in [1.29, 1.82) is 0 Å². The Morgan fingerprint density at radius 3 is 2.44 bits per heavy atom. The van der Waals surface area contributed by atoms with Gasteiger partial charge < -0.3 is 20.1 Å². The van der Waals surface area contributed by atoms with Gasteiger partial charge >= 0.3 is 0 Å². The number of halogens is 1. The number of piperazine rings is 1. The van der Waals surface area contributed by atoms with Crippen LogP contribution in [0.3, 0.4) is 0 Å². The zero-order chi connectivity index (χ0) is 19.0. The highest BCUT2D eigenvalue weighted by atomic mass is 127. The van der Waals surface area contributed by atoms with Crippen LogP contribution < -0.4 is 10.6 Å². The van der Waals surface area contributed by atoms with E-state index in [1.807, 2.05) is 18.7 Å². The molecule has 27 heavy (non-hydrogen) atoms.